The van der Waals surface area contributed by atoms with Gasteiger partial charge in [-0.1, -0.05) is 43.2 Å². The third-order valence-electron chi connectivity index (χ3n) is 4.38. The topological polar surface area (TPSA) is 58.6 Å². The van der Waals surface area contributed by atoms with Gasteiger partial charge in [-0.05, 0) is 57.7 Å². The van der Waals surface area contributed by atoms with Gasteiger partial charge in [0.15, 0.2) is 0 Å². The molecule has 142 valence electrons. The summed E-state index contributed by atoms with van der Waals surface area (Å²) in [5.41, 5.74) is 1.24. The molecule has 1 aliphatic rings. The van der Waals surface area contributed by atoms with Gasteiger partial charge in [0, 0.05) is 18.0 Å². The number of hydrogen-bond donors (Lipinski definition) is 2. The van der Waals surface area contributed by atoms with E-state index in [0.29, 0.717) is 18.9 Å². The van der Waals surface area contributed by atoms with Crippen LogP contribution < -0.4 is 5.32 Å². The lowest BCUT2D eigenvalue weighted by Crippen LogP contribution is -2.33. The van der Waals surface area contributed by atoms with E-state index in [4.69, 9.17) is 4.74 Å². The second-order valence-electron chi connectivity index (χ2n) is 7.96. The number of hydrogen-bond acceptors (Lipinski definition) is 3. The second kappa shape index (κ2) is 9.64. The third-order valence-corrected chi connectivity index (χ3v) is 4.38. The first-order chi connectivity index (χ1) is 12.3. The molecule has 0 bridgehead atoms. The molecule has 0 spiro atoms. The molecule has 1 saturated carbocycles. The molecule has 4 nitrogen and oxygen atoms in total. The fourth-order valence-corrected chi connectivity index (χ4v) is 3.05. The smallest absolute Gasteiger partial charge is 0.407 e. The van der Waals surface area contributed by atoms with Gasteiger partial charge >= 0.3 is 6.09 Å². The summed E-state index contributed by atoms with van der Waals surface area (Å²) in [6.07, 6.45) is 5.62. The lowest BCUT2D eigenvalue weighted by atomic mass is 9.89. The highest BCUT2D eigenvalue weighted by molar-refractivity contribution is 5.67. The SMILES string of the molecule is CC(C)(C)OC(=O)NCCC(O)c1cccc(C#CC2CCCCC2)c1. The van der Waals surface area contributed by atoms with Crippen molar-refractivity contribution in [2.45, 2.75) is 71.0 Å². The Balaban J connectivity index is 1.84. The van der Waals surface area contributed by atoms with Crippen molar-refractivity contribution in [1.29, 1.82) is 0 Å². The van der Waals surface area contributed by atoms with Crippen LogP contribution in [0, 0.1) is 17.8 Å². The van der Waals surface area contributed by atoms with E-state index in [2.05, 4.69) is 17.2 Å². The van der Waals surface area contributed by atoms with Gasteiger partial charge in [-0.25, -0.2) is 4.79 Å². The molecule has 0 aromatic heterocycles. The fraction of sp³-hybridized carbons (Fsp3) is 0.591. The van der Waals surface area contributed by atoms with Crippen LogP contribution in [0.25, 0.3) is 0 Å². The molecular weight excluding hydrogens is 326 g/mol. The van der Waals surface area contributed by atoms with Crippen LogP contribution in [0.1, 0.15) is 76.5 Å². The van der Waals surface area contributed by atoms with Crippen LogP contribution >= 0.6 is 0 Å². The van der Waals surface area contributed by atoms with Crippen LogP contribution in [-0.2, 0) is 4.74 Å². The summed E-state index contributed by atoms with van der Waals surface area (Å²) in [6.45, 7) is 5.82. The van der Waals surface area contributed by atoms with Crippen molar-refractivity contribution >= 4 is 6.09 Å². The largest absolute Gasteiger partial charge is 0.444 e. The highest BCUT2D eigenvalue weighted by Crippen LogP contribution is 2.23. The molecule has 0 saturated heterocycles. The summed E-state index contributed by atoms with van der Waals surface area (Å²) in [7, 11) is 0. The third kappa shape index (κ3) is 7.49. The number of aliphatic hydroxyl groups excluding tert-OH is 1. The van der Waals surface area contributed by atoms with Crippen molar-refractivity contribution in [3.05, 3.63) is 35.4 Å². The van der Waals surface area contributed by atoms with E-state index in [9.17, 15) is 9.90 Å². The zero-order chi connectivity index (χ0) is 19.0. The van der Waals surface area contributed by atoms with Crippen LogP contribution in [0.5, 0.6) is 0 Å². The van der Waals surface area contributed by atoms with Crippen molar-refractivity contribution in [3.63, 3.8) is 0 Å². The van der Waals surface area contributed by atoms with Gasteiger partial charge < -0.3 is 15.2 Å². The van der Waals surface area contributed by atoms with Crippen LogP contribution in [0.3, 0.4) is 0 Å². The summed E-state index contributed by atoms with van der Waals surface area (Å²) < 4.78 is 5.18. The van der Waals surface area contributed by atoms with Gasteiger partial charge in [0.05, 0.1) is 6.10 Å². The second-order valence-corrected chi connectivity index (χ2v) is 7.96. The zero-order valence-corrected chi connectivity index (χ0v) is 16.2. The van der Waals surface area contributed by atoms with E-state index in [1.165, 1.54) is 32.1 Å². The van der Waals surface area contributed by atoms with Crippen molar-refractivity contribution < 1.29 is 14.6 Å². The molecule has 0 aliphatic heterocycles. The minimum atomic E-state index is -0.638. The molecule has 0 radical (unpaired) electrons. The fourth-order valence-electron chi connectivity index (χ4n) is 3.05. The molecule has 1 aliphatic carbocycles. The maximum Gasteiger partial charge on any atom is 0.407 e. The molecule has 0 heterocycles. The van der Waals surface area contributed by atoms with E-state index in [0.717, 1.165) is 11.1 Å². The first kappa shape index (κ1) is 20.3. The summed E-state index contributed by atoms with van der Waals surface area (Å²) in [5, 5.41) is 13.0. The van der Waals surface area contributed by atoms with E-state index in [1.54, 1.807) is 0 Å². The maximum absolute atomic E-state index is 11.6. The van der Waals surface area contributed by atoms with Crippen molar-refractivity contribution in [2.24, 2.45) is 5.92 Å². The number of amides is 1. The lowest BCUT2D eigenvalue weighted by molar-refractivity contribution is 0.0518. The Labute approximate surface area is 157 Å². The molecule has 26 heavy (non-hydrogen) atoms. The predicted molar refractivity (Wildman–Crippen MR) is 104 cm³/mol. The molecule has 2 rings (SSSR count). The standard InChI is InChI=1S/C22H31NO3/c1-22(2,3)26-21(25)23-15-14-20(24)19-11-7-10-18(16-19)13-12-17-8-5-4-6-9-17/h7,10-11,16-17,20,24H,4-6,8-9,14-15H2,1-3H3,(H,23,25). The normalized spacial score (nSPS) is 16.3. The lowest BCUT2D eigenvalue weighted by Gasteiger charge is -2.20. The molecule has 1 amide bonds. The molecule has 1 atom stereocenters. The average Bonchev–Trinajstić information content (AvgIpc) is 2.59. The highest BCUT2D eigenvalue weighted by Gasteiger charge is 2.16. The van der Waals surface area contributed by atoms with Crippen LogP contribution in [0.4, 0.5) is 4.79 Å². The predicted octanol–water partition coefficient (Wildman–Crippen LogP) is 4.57. The summed E-state index contributed by atoms with van der Waals surface area (Å²) >= 11 is 0. The number of nitrogens with one attached hydrogen (secondary N) is 1. The summed E-state index contributed by atoms with van der Waals surface area (Å²) in [5.74, 6) is 7.15. The minimum absolute atomic E-state index is 0.355. The molecule has 1 unspecified atom stereocenters. The first-order valence-corrected chi connectivity index (χ1v) is 9.60. The van der Waals surface area contributed by atoms with Gasteiger partial charge in [-0.2, -0.15) is 0 Å². The Morgan fingerprint density at radius 3 is 2.73 bits per heavy atom. The number of rotatable bonds is 4. The van der Waals surface area contributed by atoms with Crippen LogP contribution in [0.2, 0.25) is 0 Å². The van der Waals surface area contributed by atoms with Gasteiger partial charge in [0.2, 0.25) is 0 Å². The number of alkyl carbamates (subject to hydrolysis) is 1. The average molecular weight is 357 g/mol. The van der Waals surface area contributed by atoms with E-state index >= 15 is 0 Å². The van der Waals surface area contributed by atoms with E-state index in [-0.39, 0.29) is 0 Å². The van der Waals surface area contributed by atoms with E-state index in [1.807, 2.05) is 45.0 Å². The van der Waals surface area contributed by atoms with Crippen molar-refractivity contribution in [1.82, 2.24) is 5.32 Å². The summed E-state index contributed by atoms with van der Waals surface area (Å²) in [4.78, 5) is 11.6. The zero-order valence-electron chi connectivity index (χ0n) is 16.2. The summed E-state index contributed by atoms with van der Waals surface area (Å²) in [6, 6.07) is 7.73. The Bertz CT molecular complexity index is 645. The Kier molecular flexibility index (Phi) is 7.53. The van der Waals surface area contributed by atoms with Crippen molar-refractivity contribution in [2.75, 3.05) is 6.54 Å². The van der Waals surface area contributed by atoms with E-state index < -0.39 is 17.8 Å². The minimum Gasteiger partial charge on any atom is -0.444 e. The first-order valence-electron chi connectivity index (χ1n) is 9.60. The number of aliphatic hydroxyl groups is 1. The molecular formula is C22H31NO3. The Morgan fingerprint density at radius 2 is 2.04 bits per heavy atom. The van der Waals surface area contributed by atoms with Crippen LogP contribution in [0.15, 0.2) is 24.3 Å². The molecule has 1 aromatic carbocycles. The molecule has 1 fully saturated rings. The van der Waals surface area contributed by atoms with Gasteiger partial charge in [-0.15, -0.1) is 0 Å². The quantitative estimate of drug-likeness (QED) is 0.776. The number of carbonyl (C=O) groups is 1. The molecule has 4 heteroatoms. The number of carbonyl (C=O) groups excluding carboxylic acids is 1. The van der Waals surface area contributed by atoms with Gasteiger partial charge in [0.25, 0.3) is 0 Å². The van der Waals surface area contributed by atoms with Gasteiger partial charge in [-0.3, -0.25) is 0 Å². The number of ether oxygens (including phenoxy) is 1. The van der Waals surface area contributed by atoms with Crippen molar-refractivity contribution in [3.8, 4) is 11.8 Å². The Morgan fingerprint density at radius 1 is 1.31 bits per heavy atom. The molecule has 1 aromatic rings. The Hall–Kier alpha value is -1.99. The monoisotopic (exact) mass is 357 g/mol. The molecule has 2 N–H and O–H groups in total. The number of benzene rings is 1. The maximum atomic E-state index is 11.6. The van der Waals surface area contributed by atoms with Crippen LogP contribution in [-0.4, -0.2) is 23.3 Å². The highest BCUT2D eigenvalue weighted by atomic mass is 16.6. The van der Waals surface area contributed by atoms with Gasteiger partial charge in [0.1, 0.15) is 5.60 Å².